The predicted molar refractivity (Wildman–Crippen MR) is 70.9 cm³/mol. The first-order valence-corrected chi connectivity index (χ1v) is 7.87. The highest BCUT2D eigenvalue weighted by atomic mass is 35.5. The van der Waals surface area contributed by atoms with E-state index in [2.05, 4.69) is 16.9 Å². The molecular formula is C13H14ClNO2S. The first-order chi connectivity index (χ1) is 8.54. The lowest BCUT2D eigenvalue weighted by Gasteiger charge is -2.19. The fraction of sp³-hybridized carbons (Fsp3) is 0.385. The molecule has 0 heterocycles. The maximum atomic E-state index is 12.2. The molecule has 3 rings (SSSR count). The zero-order chi connectivity index (χ0) is 12.8. The van der Waals surface area contributed by atoms with E-state index in [9.17, 15) is 8.42 Å². The van der Waals surface area contributed by atoms with Gasteiger partial charge < -0.3 is 0 Å². The summed E-state index contributed by atoms with van der Waals surface area (Å²) in [5.41, 5.74) is 0. The van der Waals surface area contributed by atoms with Gasteiger partial charge in [-0.25, -0.2) is 13.1 Å². The van der Waals surface area contributed by atoms with E-state index < -0.39 is 10.0 Å². The highest BCUT2D eigenvalue weighted by molar-refractivity contribution is 7.89. The smallest absolute Gasteiger partial charge is 0.207 e. The molecule has 0 amide bonds. The Labute approximate surface area is 112 Å². The van der Waals surface area contributed by atoms with Crippen LogP contribution in [0.2, 0.25) is 5.02 Å². The second-order valence-corrected chi connectivity index (χ2v) is 7.11. The molecule has 0 radical (unpaired) electrons. The molecule has 0 saturated heterocycles. The third-order valence-electron chi connectivity index (χ3n) is 3.71. The van der Waals surface area contributed by atoms with Crippen molar-refractivity contribution in [1.29, 1.82) is 0 Å². The van der Waals surface area contributed by atoms with Crippen molar-refractivity contribution in [3.05, 3.63) is 41.4 Å². The molecular weight excluding hydrogens is 270 g/mol. The molecule has 3 atom stereocenters. The summed E-state index contributed by atoms with van der Waals surface area (Å²) in [5.74, 6) is 0.907. The van der Waals surface area contributed by atoms with Crippen molar-refractivity contribution in [1.82, 2.24) is 4.72 Å². The maximum Gasteiger partial charge on any atom is 0.240 e. The minimum absolute atomic E-state index is 0.0423. The van der Waals surface area contributed by atoms with Crippen molar-refractivity contribution in [2.24, 2.45) is 11.8 Å². The van der Waals surface area contributed by atoms with Gasteiger partial charge in [0.25, 0.3) is 0 Å². The fourth-order valence-corrected chi connectivity index (χ4v) is 4.22. The van der Waals surface area contributed by atoms with Gasteiger partial charge in [0.2, 0.25) is 10.0 Å². The van der Waals surface area contributed by atoms with Crippen molar-refractivity contribution >= 4 is 21.6 Å². The third-order valence-corrected chi connectivity index (χ3v) is 5.47. The number of nitrogens with one attached hydrogen (secondary N) is 1. The summed E-state index contributed by atoms with van der Waals surface area (Å²) in [5, 5.41) is 0.539. The van der Waals surface area contributed by atoms with Gasteiger partial charge in [0.1, 0.15) is 0 Å². The number of fused-ring (bicyclic) bond motifs is 2. The first kappa shape index (κ1) is 12.2. The molecule has 5 heteroatoms. The molecule has 0 aliphatic heterocycles. The second-order valence-electron chi connectivity index (χ2n) is 4.96. The van der Waals surface area contributed by atoms with E-state index in [0.29, 0.717) is 16.9 Å². The number of hydrogen-bond donors (Lipinski definition) is 1. The van der Waals surface area contributed by atoms with Crippen molar-refractivity contribution in [2.45, 2.75) is 23.8 Å². The summed E-state index contributed by atoms with van der Waals surface area (Å²) in [6, 6.07) is 6.30. The van der Waals surface area contributed by atoms with E-state index in [4.69, 9.17) is 11.6 Å². The Morgan fingerprint density at radius 1 is 1.11 bits per heavy atom. The van der Waals surface area contributed by atoms with Crippen LogP contribution in [-0.4, -0.2) is 14.5 Å². The molecule has 2 aliphatic carbocycles. The Hall–Kier alpha value is -0.840. The van der Waals surface area contributed by atoms with Gasteiger partial charge in [-0.3, -0.25) is 0 Å². The minimum Gasteiger partial charge on any atom is -0.207 e. The van der Waals surface area contributed by atoms with Crippen LogP contribution < -0.4 is 4.72 Å². The van der Waals surface area contributed by atoms with Crippen LogP contribution in [0.3, 0.4) is 0 Å². The number of hydrogen-bond acceptors (Lipinski definition) is 2. The van der Waals surface area contributed by atoms with Gasteiger partial charge in [-0.05, 0) is 48.9 Å². The third kappa shape index (κ3) is 2.20. The van der Waals surface area contributed by atoms with Gasteiger partial charge in [-0.15, -0.1) is 0 Å². The van der Waals surface area contributed by atoms with E-state index in [0.717, 1.165) is 12.8 Å². The first-order valence-electron chi connectivity index (χ1n) is 6.01. The summed E-state index contributed by atoms with van der Waals surface area (Å²) < 4.78 is 27.2. The molecule has 1 N–H and O–H groups in total. The number of benzene rings is 1. The van der Waals surface area contributed by atoms with Crippen LogP contribution in [0.5, 0.6) is 0 Å². The summed E-state index contributed by atoms with van der Waals surface area (Å²) in [6.45, 7) is 0. The van der Waals surface area contributed by atoms with E-state index >= 15 is 0 Å². The van der Waals surface area contributed by atoms with Crippen molar-refractivity contribution in [3.63, 3.8) is 0 Å². The Bertz CT molecular complexity index is 580. The summed E-state index contributed by atoms with van der Waals surface area (Å²) in [4.78, 5) is 0.277. The van der Waals surface area contributed by atoms with Crippen LogP contribution in [0.4, 0.5) is 0 Å². The molecule has 0 aromatic heterocycles. The number of rotatable bonds is 3. The van der Waals surface area contributed by atoms with Gasteiger partial charge in [0.15, 0.2) is 0 Å². The number of sulfonamides is 1. The van der Waals surface area contributed by atoms with E-state index in [1.165, 1.54) is 12.1 Å². The molecule has 96 valence electrons. The van der Waals surface area contributed by atoms with Gasteiger partial charge in [0.05, 0.1) is 4.90 Å². The lowest BCUT2D eigenvalue weighted by atomic mass is 10.0. The van der Waals surface area contributed by atoms with Crippen molar-refractivity contribution < 1.29 is 8.42 Å². The summed E-state index contributed by atoms with van der Waals surface area (Å²) in [7, 11) is -3.43. The summed E-state index contributed by atoms with van der Waals surface area (Å²) in [6.07, 6.45) is 6.31. The lowest BCUT2D eigenvalue weighted by molar-refractivity contribution is 0.503. The molecule has 3 nitrogen and oxygen atoms in total. The van der Waals surface area contributed by atoms with Gasteiger partial charge in [-0.1, -0.05) is 23.8 Å². The van der Waals surface area contributed by atoms with E-state index in [1.54, 1.807) is 12.1 Å². The molecule has 2 bridgehead atoms. The van der Waals surface area contributed by atoms with Crippen LogP contribution >= 0.6 is 11.6 Å². The molecule has 1 fully saturated rings. The molecule has 2 aliphatic rings. The normalized spacial score (nSPS) is 29.9. The Balaban J connectivity index is 1.79. The standard InChI is InChI=1S/C13H14ClNO2S/c14-11-3-5-12(6-4-11)18(16,17)15-13-8-9-1-2-10(13)7-9/h1-6,9-10,13,15H,7-8H2. The number of allylic oxidation sites excluding steroid dienone is 1. The van der Waals surface area contributed by atoms with E-state index in [-0.39, 0.29) is 10.9 Å². The zero-order valence-electron chi connectivity index (χ0n) is 9.71. The maximum absolute atomic E-state index is 12.2. The lowest BCUT2D eigenvalue weighted by Crippen LogP contribution is -2.37. The van der Waals surface area contributed by atoms with Gasteiger partial charge in [-0.2, -0.15) is 0 Å². The molecule has 3 unspecified atom stereocenters. The molecule has 1 saturated carbocycles. The highest BCUT2D eigenvalue weighted by Crippen LogP contribution is 2.39. The number of halogens is 1. The Kier molecular flexibility index (Phi) is 2.96. The molecule has 18 heavy (non-hydrogen) atoms. The second kappa shape index (κ2) is 4.37. The zero-order valence-corrected chi connectivity index (χ0v) is 11.3. The Morgan fingerprint density at radius 3 is 2.39 bits per heavy atom. The molecule has 1 aromatic rings. The summed E-state index contributed by atoms with van der Waals surface area (Å²) >= 11 is 5.76. The average Bonchev–Trinajstić information content (AvgIpc) is 2.91. The monoisotopic (exact) mass is 283 g/mol. The van der Waals surface area contributed by atoms with Gasteiger partial charge in [0, 0.05) is 11.1 Å². The predicted octanol–water partition coefficient (Wildman–Crippen LogP) is 2.58. The van der Waals surface area contributed by atoms with Crippen molar-refractivity contribution in [3.8, 4) is 0 Å². The van der Waals surface area contributed by atoms with Crippen LogP contribution in [0.25, 0.3) is 0 Å². The van der Waals surface area contributed by atoms with Crippen LogP contribution in [0.1, 0.15) is 12.8 Å². The van der Waals surface area contributed by atoms with Crippen LogP contribution in [0, 0.1) is 11.8 Å². The average molecular weight is 284 g/mol. The topological polar surface area (TPSA) is 46.2 Å². The largest absolute Gasteiger partial charge is 0.240 e. The highest BCUT2D eigenvalue weighted by Gasteiger charge is 2.37. The van der Waals surface area contributed by atoms with Crippen LogP contribution in [0.15, 0.2) is 41.3 Å². The van der Waals surface area contributed by atoms with Gasteiger partial charge >= 0.3 is 0 Å². The molecule has 0 spiro atoms. The Morgan fingerprint density at radius 2 is 1.83 bits per heavy atom. The van der Waals surface area contributed by atoms with Crippen LogP contribution in [-0.2, 0) is 10.0 Å². The quantitative estimate of drug-likeness (QED) is 0.867. The fourth-order valence-electron chi connectivity index (χ4n) is 2.80. The minimum atomic E-state index is -3.43. The molecule has 1 aromatic carbocycles. The van der Waals surface area contributed by atoms with E-state index in [1.807, 2.05) is 0 Å². The van der Waals surface area contributed by atoms with Crippen molar-refractivity contribution in [2.75, 3.05) is 0 Å². The SMILES string of the molecule is O=S(=O)(NC1CC2C=CC1C2)c1ccc(Cl)cc1.